The second kappa shape index (κ2) is 7.38. The quantitative estimate of drug-likeness (QED) is 0.557. The van der Waals surface area contributed by atoms with Crippen molar-refractivity contribution in [1.82, 2.24) is 0 Å². The molecule has 3 unspecified atom stereocenters. The van der Waals surface area contributed by atoms with Crippen molar-refractivity contribution in [2.24, 2.45) is 0 Å². The van der Waals surface area contributed by atoms with Crippen molar-refractivity contribution < 1.29 is 31.4 Å². The molecule has 3 nitrogen and oxygen atoms in total. The second-order valence-electron chi connectivity index (χ2n) is 4.51. The van der Waals surface area contributed by atoms with E-state index in [1.54, 1.807) is 6.92 Å². The summed E-state index contributed by atoms with van der Waals surface area (Å²) < 4.78 is 73.4. The number of methoxy groups -OCH3 is 1. The Labute approximate surface area is 121 Å². The minimum Gasteiger partial charge on any atom is -0.367 e. The van der Waals surface area contributed by atoms with Crippen LogP contribution in [-0.2, 0) is 20.0 Å². The van der Waals surface area contributed by atoms with Crippen LogP contribution in [0.4, 0.5) is 17.6 Å². The van der Waals surface area contributed by atoms with Gasteiger partial charge in [-0.25, -0.2) is 4.39 Å². The Morgan fingerprint density at radius 3 is 2.38 bits per heavy atom. The molecule has 0 aliphatic rings. The summed E-state index contributed by atoms with van der Waals surface area (Å²) in [5.74, 6) is -2.34. The first-order valence-corrected chi connectivity index (χ1v) is 7.70. The molecule has 0 heterocycles. The molecule has 1 rings (SSSR count). The Morgan fingerprint density at radius 2 is 1.95 bits per heavy atom. The molecule has 0 bridgehead atoms. The molecule has 0 saturated heterocycles. The number of benzene rings is 1. The molecule has 0 fully saturated rings. The molecule has 0 aliphatic heterocycles. The summed E-state index contributed by atoms with van der Waals surface area (Å²) in [4.78, 5) is 0. The highest BCUT2D eigenvalue weighted by atomic mass is 31.1. The zero-order valence-electron chi connectivity index (χ0n) is 11.8. The van der Waals surface area contributed by atoms with Crippen LogP contribution in [0.15, 0.2) is 18.2 Å². The standard InChI is InChI=1S/C13H17F4O3P/c1-4-8(2)20-21(18)12(19-3)10-6-5-9(7-11(10)14)13(15,16)17/h5-8,12,21H,4H2,1-3H3. The van der Waals surface area contributed by atoms with E-state index >= 15 is 0 Å². The molecule has 0 spiro atoms. The topological polar surface area (TPSA) is 35.5 Å². The smallest absolute Gasteiger partial charge is 0.367 e. The van der Waals surface area contributed by atoms with Gasteiger partial charge >= 0.3 is 6.18 Å². The fourth-order valence-electron chi connectivity index (χ4n) is 1.61. The van der Waals surface area contributed by atoms with Crippen LogP contribution in [0.5, 0.6) is 0 Å². The number of hydrogen-bond acceptors (Lipinski definition) is 3. The molecule has 0 radical (unpaired) electrons. The van der Waals surface area contributed by atoms with Crippen molar-refractivity contribution in [3.8, 4) is 0 Å². The van der Waals surface area contributed by atoms with Gasteiger partial charge in [0.1, 0.15) is 5.82 Å². The first kappa shape index (κ1) is 18.1. The van der Waals surface area contributed by atoms with Gasteiger partial charge < -0.3 is 9.26 Å². The van der Waals surface area contributed by atoms with Crippen molar-refractivity contribution in [2.75, 3.05) is 7.11 Å². The fraction of sp³-hybridized carbons (Fsp3) is 0.538. The maximum Gasteiger partial charge on any atom is 0.416 e. The summed E-state index contributed by atoms with van der Waals surface area (Å²) in [6.07, 6.45) is -4.35. The number of ether oxygens (including phenoxy) is 1. The minimum atomic E-state index is -4.64. The van der Waals surface area contributed by atoms with Gasteiger partial charge in [-0.3, -0.25) is 4.57 Å². The van der Waals surface area contributed by atoms with Crippen LogP contribution in [-0.4, -0.2) is 13.2 Å². The van der Waals surface area contributed by atoms with E-state index in [1.165, 1.54) is 7.11 Å². The average Bonchev–Trinajstić information content (AvgIpc) is 2.39. The van der Waals surface area contributed by atoms with Gasteiger partial charge in [0.25, 0.3) is 0 Å². The van der Waals surface area contributed by atoms with Crippen LogP contribution in [0.25, 0.3) is 0 Å². The van der Waals surface area contributed by atoms with Gasteiger partial charge in [-0.2, -0.15) is 13.2 Å². The van der Waals surface area contributed by atoms with Crippen LogP contribution in [0.2, 0.25) is 0 Å². The van der Waals surface area contributed by atoms with E-state index in [0.29, 0.717) is 12.5 Å². The van der Waals surface area contributed by atoms with Crippen molar-refractivity contribution in [1.29, 1.82) is 0 Å². The first-order chi connectivity index (χ1) is 9.70. The molecule has 0 aromatic heterocycles. The lowest BCUT2D eigenvalue weighted by Crippen LogP contribution is -2.09. The van der Waals surface area contributed by atoms with Gasteiger partial charge in [0.2, 0.25) is 8.03 Å². The van der Waals surface area contributed by atoms with E-state index in [9.17, 15) is 22.1 Å². The van der Waals surface area contributed by atoms with E-state index < -0.39 is 31.4 Å². The molecular formula is C13H17F4O3P. The fourth-order valence-corrected chi connectivity index (χ4v) is 2.98. The lowest BCUT2D eigenvalue weighted by Gasteiger charge is -2.19. The first-order valence-electron chi connectivity index (χ1n) is 6.30. The van der Waals surface area contributed by atoms with E-state index in [2.05, 4.69) is 0 Å². The zero-order valence-corrected chi connectivity index (χ0v) is 12.8. The van der Waals surface area contributed by atoms with Crippen molar-refractivity contribution in [3.63, 3.8) is 0 Å². The van der Waals surface area contributed by atoms with Gasteiger partial charge in [-0.15, -0.1) is 0 Å². The highest BCUT2D eigenvalue weighted by Crippen LogP contribution is 2.45. The molecule has 0 saturated carbocycles. The third kappa shape index (κ3) is 4.80. The van der Waals surface area contributed by atoms with E-state index in [1.807, 2.05) is 6.92 Å². The van der Waals surface area contributed by atoms with E-state index in [-0.39, 0.29) is 11.7 Å². The Morgan fingerprint density at radius 1 is 1.33 bits per heavy atom. The Hall–Kier alpha value is -0.910. The number of hydrogen-bond donors (Lipinski definition) is 0. The third-order valence-corrected chi connectivity index (χ3v) is 4.56. The molecule has 0 amide bonds. The summed E-state index contributed by atoms with van der Waals surface area (Å²) in [6.45, 7) is 3.51. The summed E-state index contributed by atoms with van der Waals surface area (Å²) >= 11 is 0. The lowest BCUT2D eigenvalue weighted by molar-refractivity contribution is -0.137. The van der Waals surface area contributed by atoms with Crippen molar-refractivity contribution >= 4 is 8.03 Å². The van der Waals surface area contributed by atoms with Gasteiger partial charge in [0.05, 0.1) is 11.7 Å². The highest BCUT2D eigenvalue weighted by molar-refractivity contribution is 7.39. The molecule has 0 N–H and O–H groups in total. The SMILES string of the molecule is CCC(C)O[PH](=O)C(OC)c1ccc(C(F)(F)F)cc1F. The molecule has 8 heteroatoms. The van der Waals surface area contributed by atoms with Crippen molar-refractivity contribution in [3.05, 3.63) is 35.1 Å². The summed E-state index contributed by atoms with van der Waals surface area (Å²) in [5, 5.41) is 0. The summed E-state index contributed by atoms with van der Waals surface area (Å²) in [5.41, 5.74) is -1.32. The molecule has 120 valence electrons. The Bertz CT molecular complexity index is 505. The van der Waals surface area contributed by atoms with Gasteiger partial charge in [-0.1, -0.05) is 13.0 Å². The lowest BCUT2D eigenvalue weighted by atomic mass is 10.1. The molecule has 1 aromatic rings. The number of halogens is 4. The van der Waals surface area contributed by atoms with Gasteiger partial charge in [0.15, 0.2) is 5.85 Å². The normalized spacial score (nSPS) is 16.5. The molecule has 0 aliphatic carbocycles. The average molecular weight is 328 g/mol. The maximum atomic E-state index is 13.8. The largest absolute Gasteiger partial charge is 0.416 e. The minimum absolute atomic E-state index is 0.210. The predicted molar refractivity (Wildman–Crippen MR) is 71.0 cm³/mol. The van der Waals surface area contributed by atoms with E-state index in [0.717, 1.165) is 12.1 Å². The Kier molecular flexibility index (Phi) is 6.38. The molecule has 21 heavy (non-hydrogen) atoms. The monoisotopic (exact) mass is 328 g/mol. The van der Waals surface area contributed by atoms with Crippen LogP contribution in [0.1, 0.15) is 37.2 Å². The van der Waals surface area contributed by atoms with Crippen LogP contribution in [0, 0.1) is 5.82 Å². The Balaban J connectivity index is 3.04. The molecule has 3 atom stereocenters. The highest BCUT2D eigenvalue weighted by Gasteiger charge is 2.32. The predicted octanol–water partition coefficient (Wildman–Crippen LogP) is 4.78. The zero-order chi connectivity index (χ0) is 16.2. The van der Waals surface area contributed by atoms with Crippen LogP contribution < -0.4 is 0 Å². The summed E-state index contributed by atoms with van der Waals surface area (Å²) in [7, 11) is -1.61. The van der Waals surface area contributed by atoms with Crippen LogP contribution in [0.3, 0.4) is 0 Å². The van der Waals surface area contributed by atoms with Gasteiger partial charge in [-0.05, 0) is 25.5 Å². The second-order valence-corrected chi connectivity index (χ2v) is 5.90. The van der Waals surface area contributed by atoms with Gasteiger partial charge in [0, 0.05) is 12.7 Å². The number of alkyl halides is 3. The molecule has 1 aromatic carbocycles. The maximum absolute atomic E-state index is 13.8. The van der Waals surface area contributed by atoms with E-state index in [4.69, 9.17) is 9.26 Å². The van der Waals surface area contributed by atoms with Crippen molar-refractivity contribution in [2.45, 2.75) is 38.4 Å². The van der Waals surface area contributed by atoms with Crippen LogP contribution >= 0.6 is 8.03 Å². The third-order valence-electron chi connectivity index (χ3n) is 2.95. The molecular weight excluding hydrogens is 311 g/mol. The number of rotatable bonds is 6. The summed E-state index contributed by atoms with van der Waals surface area (Å²) in [6, 6.07) is 2.01.